The number of H-pyrrole nitrogens is 1. The molecule has 0 aliphatic rings. The molecule has 2 aromatic heterocycles. The molecule has 1 aromatic carbocycles. The summed E-state index contributed by atoms with van der Waals surface area (Å²) in [7, 11) is 0. The number of rotatable bonds is 3. The molecule has 3 heteroatoms. The Morgan fingerprint density at radius 2 is 1.89 bits per heavy atom. The fourth-order valence-corrected chi connectivity index (χ4v) is 2.08. The van der Waals surface area contributed by atoms with E-state index in [0.29, 0.717) is 0 Å². The molecular formula is C16H13N3. The third-order valence-corrected chi connectivity index (χ3v) is 3.04. The summed E-state index contributed by atoms with van der Waals surface area (Å²) >= 11 is 0. The number of pyridine rings is 1. The lowest BCUT2D eigenvalue weighted by molar-refractivity contribution is 1.09. The summed E-state index contributed by atoms with van der Waals surface area (Å²) in [6.07, 6.45) is 7.24. The number of aromatic amines is 1. The van der Waals surface area contributed by atoms with Gasteiger partial charge in [-0.05, 0) is 29.3 Å². The first-order valence-corrected chi connectivity index (χ1v) is 6.05. The van der Waals surface area contributed by atoms with E-state index in [4.69, 9.17) is 0 Å². The number of benzene rings is 1. The van der Waals surface area contributed by atoms with Crippen molar-refractivity contribution in [2.45, 2.75) is 0 Å². The predicted octanol–water partition coefficient (Wildman–Crippen LogP) is 3.78. The van der Waals surface area contributed by atoms with Gasteiger partial charge in [0.25, 0.3) is 0 Å². The molecule has 0 atom stereocenters. The summed E-state index contributed by atoms with van der Waals surface area (Å²) in [5, 5.41) is 7.21. The lowest BCUT2D eigenvalue weighted by Gasteiger charge is -2.04. The van der Waals surface area contributed by atoms with Gasteiger partial charge in [-0.2, -0.15) is 5.10 Å². The maximum atomic E-state index is 4.16. The standard InChI is InChI=1S/C16H13N3/c1-2-12-4-3-5-14(10-12)15-11-18-19-16(15)13-6-8-17-9-7-13/h2-11H,1H2,(H,18,19). The highest BCUT2D eigenvalue weighted by Crippen LogP contribution is 2.30. The van der Waals surface area contributed by atoms with Gasteiger partial charge in [0.2, 0.25) is 0 Å². The molecule has 2 heterocycles. The van der Waals surface area contributed by atoms with Crippen LogP contribution in [0.5, 0.6) is 0 Å². The van der Waals surface area contributed by atoms with Crippen LogP contribution in [0.1, 0.15) is 5.56 Å². The molecule has 0 spiro atoms. The predicted molar refractivity (Wildman–Crippen MR) is 77.3 cm³/mol. The summed E-state index contributed by atoms with van der Waals surface area (Å²) in [5.74, 6) is 0. The molecule has 0 fully saturated rings. The number of hydrogen-bond donors (Lipinski definition) is 1. The Kier molecular flexibility index (Phi) is 2.94. The van der Waals surface area contributed by atoms with E-state index in [0.717, 1.165) is 27.9 Å². The molecule has 3 aromatic rings. The van der Waals surface area contributed by atoms with Gasteiger partial charge in [-0.25, -0.2) is 0 Å². The molecule has 0 unspecified atom stereocenters. The Bertz CT molecular complexity index is 699. The van der Waals surface area contributed by atoms with Crippen molar-refractivity contribution in [3.63, 3.8) is 0 Å². The largest absolute Gasteiger partial charge is 0.277 e. The van der Waals surface area contributed by atoms with E-state index in [1.54, 1.807) is 12.4 Å². The van der Waals surface area contributed by atoms with Gasteiger partial charge < -0.3 is 0 Å². The first-order valence-electron chi connectivity index (χ1n) is 6.05. The molecular weight excluding hydrogens is 234 g/mol. The first kappa shape index (κ1) is 11.4. The smallest absolute Gasteiger partial charge is 0.0729 e. The van der Waals surface area contributed by atoms with Gasteiger partial charge in [0.15, 0.2) is 0 Å². The van der Waals surface area contributed by atoms with Crippen LogP contribution in [-0.2, 0) is 0 Å². The third kappa shape index (κ3) is 2.18. The first-order chi connectivity index (χ1) is 9.38. The lowest BCUT2D eigenvalue weighted by atomic mass is 10.0. The highest BCUT2D eigenvalue weighted by molar-refractivity contribution is 5.80. The second-order valence-electron chi connectivity index (χ2n) is 4.22. The molecule has 1 N–H and O–H groups in total. The van der Waals surface area contributed by atoms with Crippen LogP contribution in [0.3, 0.4) is 0 Å². The third-order valence-electron chi connectivity index (χ3n) is 3.04. The average molecular weight is 247 g/mol. The fraction of sp³-hybridized carbons (Fsp3) is 0. The van der Waals surface area contributed by atoms with Crippen molar-refractivity contribution in [2.24, 2.45) is 0 Å². The summed E-state index contributed by atoms with van der Waals surface area (Å²) in [6, 6.07) is 12.2. The second kappa shape index (κ2) is 4.90. The van der Waals surface area contributed by atoms with Crippen LogP contribution in [0.2, 0.25) is 0 Å². The van der Waals surface area contributed by atoms with E-state index < -0.39 is 0 Å². The second-order valence-corrected chi connectivity index (χ2v) is 4.22. The van der Waals surface area contributed by atoms with Crippen molar-refractivity contribution in [3.8, 4) is 22.4 Å². The summed E-state index contributed by atoms with van der Waals surface area (Å²) < 4.78 is 0. The molecule has 0 radical (unpaired) electrons. The van der Waals surface area contributed by atoms with E-state index in [1.165, 1.54) is 0 Å². The minimum atomic E-state index is 1.00. The summed E-state index contributed by atoms with van der Waals surface area (Å²) in [4.78, 5) is 4.04. The topological polar surface area (TPSA) is 41.6 Å². The van der Waals surface area contributed by atoms with Gasteiger partial charge in [0.05, 0.1) is 11.9 Å². The van der Waals surface area contributed by atoms with Crippen LogP contribution >= 0.6 is 0 Å². The quantitative estimate of drug-likeness (QED) is 0.765. The molecule has 3 nitrogen and oxygen atoms in total. The van der Waals surface area contributed by atoms with Gasteiger partial charge >= 0.3 is 0 Å². The Morgan fingerprint density at radius 3 is 2.68 bits per heavy atom. The Morgan fingerprint density at radius 1 is 1.05 bits per heavy atom. The summed E-state index contributed by atoms with van der Waals surface area (Å²) in [6.45, 7) is 3.80. The highest BCUT2D eigenvalue weighted by Gasteiger charge is 2.09. The van der Waals surface area contributed by atoms with Crippen LogP contribution in [0.15, 0.2) is 61.6 Å². The van der Waals surface area contributed by atoms with E-state index in [1.807, 2.05) is 36.5 Å². The summed E-state index contributed by atoms with van der Waals surface area (Å²) in [5.41, 5.74) is 5.38. The van der Waals surface area contributed by atoms with Gasteiger partial charge in [-0.1, -0.05) is 30.9 Å². The zero-order valence-electron chi connectivity index (χ0n) is 10.4. The van der Waals surface area contributed by atoms with Crippen molar-refractivity contribution in [2.75, 3.05) is 0 Å². The van der Waals surface area contributed by atoms with E-state index in [9.17, 15) is 0 Å². The minimum absolute atomic E-state index is 1.00. The van der Waals surface area contributed by atoms with E-state index in [-0.39, 0.29) is 0 Å². The molecule has 0 bridgehead atoms. The van der Waals surface area contributed by atoms with Crippen LogP contribution in [0.4, 0.5) is 0 Å². The van der Waals surface area contributed by atoms with E-state index >= 15 is 0 Å². The zero-order valence-corrected chi connectivity index (χ0v) is 10.4. The molecule has 3 rings (SSSR count). The molecule has 0 aliphatic heterocycles. The van der Waals surface area contributed by atoms with Crippen molar-refractivity contribution >= 4 is 6.08 Å². The Hall–Kier alpha value is -2.68. The maximum absolute atomic E-state index is 4.16. The van der Waals surface area contributed by atoms with Crippen molar-refractivity contribution < 1.29 is 0 Å². The van der Waals surface area contributed by atoms with Gasteiger partial charge in [-0.3, -0.25) is 10.1 Å². The number of nitrogens with zero attached hydrogens (tertiary/aromatic N) is 2. The fourth-order valence-electron chi connectivity index (χ4n) is 2.08. The minimum Gasteiger partial charge on any atom is -0.277 e. The molecule has 92 valence electrons. The number of hydrogen-bond acceptors (Lipinski definition) is 2. The van der Waals surface area contributed by atoms with Crippen molar-refractivity contribution in [1.29, 1.82) is 0 Å². The monoisotopic (exact) mass is 247 g/mol. The van der Waals surface area contributed by atoms with Gasteiger partial charge in [-0.15, -0.1) is 0 Å². The van der Waals surface area contributed by atoms with Crippen molar-refractivity contribution in [1.82, 2.24) is 15.2 Å². The maximum Gasteiger partial charge on any atom is 0.0729 e. The normalized spacial score (nSPS) is 10.3. The lowest BCUT2D eigenvalue weighted by Crippen LogP contribution is -1.84. The van der Waals surface area contributed by atoms with Gasteiger partial charge in [0, 0.05) is 23.5 Å². The zero-order chi connectivity index (χ0) is 13.1. The van der Waals surface area contributed by atoms with E-state index in [2.05, 4.69) is 33.9 Å². The van der Waals surface area contributed by atoms with Crippen molar-refractivity contribution in [3.05, 3.63) is 67.1 Å². The Labute approximate surface area is 111 Å². The molecule has 0 aliphatic carbocycles. The molecule has 0 saturated carbocycles. The highest BCUT2D eigenvalue weighted by atomic mass is 15.1. The number of aromatic nitrogens is 3. The van der Waals surface area contributed by atoms with Gasteiger partial charge in [0.1, 0.15) is 0 Å². The van der Waals surface area contributed by atoms with Crippen LogP contribution in [0.25, 0.3) is 28.5 Å². The average Bonchev–Trinajstić information content (AvgIpc) is 2.98. The Balaban J connectivity index is 2.12. The van der Waals surface area contributed by atoms with Crippen LogP contribution in [-0.4, -0.2) is 15.2 Å². The SMILES string of the molecule is C=Cc1cccc(-c2cn[nH]c2-c2ccncc2)c1. The van der Waals surface area contributed by atoms with Crippen LogP contribution < -0.4 is 0 Å². The molecule has 0 saturated heterocycles. The molecule has 19 heavy (non-hydrogen) atoms. The molecule has 0 amide bonds. The van der Waals surface area contributed by atoms with Crippen LogP contribution in [0, 0.1) is 0 Å². The number of nitrogens with one attached hydrogen (secondary N) is 1.